The lowest BCUT2D eigenvalue weighted by atomic mass is 9.82. The van der Waals surface area contributed by atoms with Gasteiger partial charge in [0, 0.05) is 29.7 Å². The average molecular weight is 291 g/mol. The molecule has 0 unspecified atom stereocenters. The number of fused-ring (bicyclic) bond motifs is 1. The van der Waals surface area contributed by atoms with Crippen LogP contribution in [0.2, 0.25) is 0 Å². The third-order valence-corrected chi connectivity index (χ3v) is 3.87. The van der Waals surface area contributed by atoms with Crippen LogP contribution in [0, 0.1) is 12.3 Å². The highest BCUT2D eigenvalue weighted by atomic mass is 16.5. The fraction of sp³-hybridized carbons (Fsp3) is 0.211. The topological polar surface area (TPSA) is 38.3 Å². The van der Waals surface area contributed by atoms with Crippen LogP contribution in [0.4, 0.5) is 5.69 Å². The molecular weight excluding hydrogens is 274 g/mol. The highest BCUT2D eigenvalue weighted by molar-refractivity contribution is 5.95. The highest BCUT2D eigenvalue weighted by Gasteiger charge is 2.28. The molecule has 110 valence electrons. The molecule has 1 atom stereocenters. The summed E-state index contributed by atoms with van der Waals surface area (Å²) in [6.45, 7) is 2.53. The Labute approximate surface area is 130 Å². The van der Waals surface area contributed by atoms with Gasteiger partial charge in [-0.15, -0.1) is 6.42 Å². The molecule has 0 radical (unpaired) electrons. The molecule has 0 aromatic heterocycles. The number of anilines is 1. The fourth-order valence-corrected chi connectivity index (χ4v) is 2.91. The van der Waals surface area contributed by atoms with E-state index < -0.39 is 0 Å². The van der Waals surface area contributed by atoms with Gasteiger partial charge in [-0.3, -0.25) is 4.79 Å². The van der Waals surface area contributed by atoms with Gasteiger partial charge in [-0.1, -0.05) is 30.2 Å². The van der Waals surface area contributed by atoms with Gasteiger partial charge < -0.3 is 10.1 Å². The summed E-state index contributed by atoms with van der Waals surface area (Å²) in [6, 6.07) is 13.6. The average Bonchev–Trinajstić information content (AvgIpc) is 2.54. The monoisotopic (exact) mass is 291 g/mol. The first-order chi connectivity index (χ1) is 10.7. The number of carbonyl (C=O) groups excluding carboxylic acids is 1. The number of benzene rings is 2. The summed E-state index contributed by atoms with van der Waals surface area (Å²) in [5, 5.41) is 2.93. The number of hydrogen-bond donors (Lipinski definition) is 1. The number of rotatable bonds is 3. The molecule has 1 aliphatic heterocycles. The molecular formula is C19H17NO2. The van der Waals surface area contributed by atoms with E-state index in [1.54, 1.807) is 0 Å². The van der Waals surface area contributed by atoms with E-state index in [4.69, 9.17) is 11.2 Å². The Hall–Kier alpha value is -2.73. The van der Waals surface area contributed by atoms with E-state index in [1.165, 1.54) is 0 Å². The molecule has 1 N–H and O–H groups in total. The Morgan fingerprint density at radius 3 is 2.86 bits per heavy atom. The molecule has 0 saturated carbocycles. The zero-order valence-corrected chi connectivity index (χ0v) is 12.4. The van der Waals surface area contributed by atoms with Crippen LogP contribution in [0.1, 0.15) is 36.0 Å². The molecule has 3 nitrogen and oxygen atoms in total. The zero-order chi connectivity index (χ0) is 15.5. The van der Waals surface area contributed by atoms with Crippen LogP contribution in [0.15, 0.2) is 42.5 Å². The van der Waals surface area contributed by atoms with Gasteiger partial charge in [-0.2, -0.15) is 0 Å². The number of amides is 1. The Kier molecular flexibility index (Phi) is 3.84. The Balaban J connectivity index is 2.08. The molecule has 22 heavy (non-hydrogen) atoms. The van der Waals surface area contributed by atoms with E-state index in [0.717, 1.165) is 28.1 Å². The summed E-state index contributed by atoms with van der Waals surface area (Å²) in [6.07, 6.45) is 6.01. The molecule has 0 spiro atoms. The summed E-state index contributed by atoms with van der Waals surface area (Å²) in [7, 11) is 0. The van der Waals surface area contributed by atoms with Crippen molar-refractivity contribution in [3.05, 3.63) is 59.2 Å². The quantitative estimate of drug-likeness (QED) is 0.878. The number of ether oxygens (including phenoxy) is 1. The molecule has 0 bridgehead atoms. The van der Waals surface area contributed by atoms with Crippen LogP contribution in [0.25, 0.3) is 0 Å². The maximum atomic E-state index is 12.1. The third kappa shape index (κ3) is 2.56. The van der Waals surface area contributed by atoms with Crippen LogP contribution < -0.4 is 10.1 Å². The molecule has 0 saturated heterocycles. The van der Waals surface area contributed by atoms with Crippen molar-refractivity contribution in [2.24, 2.45) is 0 Å². The first kappa shape index (κ1) is 14.2. The van der Waals surface area contributed by atoms with Crippen molar-refractivity contribution in [2.75, 3.05) is 11.9 Å². The molecule has 3 heteroatoms. The van der Waals surface area contributed by atoms with Crippen molar-refractivity contribution >= 4 is 11.6 Å². The van der Waals surface area contributed by atoms with Gasteiger partial charge in [0.25, 0.3) is 0 Å². The first-order valence-electron chi connectivity index (χ1n) is 7.35. The summed E-state index contributed by atoms with van der Waals surface area (Å²) in [5.41, 5.74) is 3.73. The van der Waals surface area contributed by atoms with Crippen molar-refractivity contribution in [1.29, 1.82) is 0 Å². The van der Waals surface area contributed by atoms with Crippen LogP contribution in [0.3, 0.4) is 0 Å². The maximum Gasteiger partial charge on any atom is 0.225 e. The molecule has 1 aliphatic rings. The molecule has 1 heterocycles. The van der Waals surface area contributed by atoms with Crippen molar-refractivity contribution in [3.63, 3.8) is 0 Å². The molecule has 2 aromatic rings. The maximum absolute atomic E-state index is 12.1. The minimum atomic E-state index is -0.0216. The van der Waals surface area contributed by atoms with E-state index >= 15 is 0 Å². The van der Waals surface area contributed by atoms with Crippen molar-refractivity contribution in [3.8, 4) is 18.1 Å². The number of terminal acetylenes is 1. The van der Waals surface area contributed by atoms with Gasteiger partial charge in [-0.25, -0.2) is 0 Å². The Bertz CT molecular complexity index is 758. The molecule has 2 aromatic carbocycles. The van der Waals surface area contributed by atoms with Gasteiger partial charge in [-0.05, 0) is 30.2 Å². The lowest BCUT2D eigenvalue weighted by molar-refractivity contribution is -0.116. The second kappa shape index (κ2) is 5.95. The second-order valence-electron chi connectivity index (χ2n) is 5.22. The number of hydrogen-bond acceptors (Lipinski definition) is 2. The van der Waals surface area contributed by atoms with Crippen molar-refractivity contribution in [1.82, 2.24) is 0 Å². The molecule has 1 amide bonds. The molecule has 3 rings (SSSR count). The minimum absolute atomic E-state index is 0.00188. The predicted molar refractivity (Wildman–Crippen MR) is 87.1 cm³/mol. The van der Waals surface area contributed by atoms with E-state index in [1.807, 2.05) is 49.4 Å². The van der Waals surface area contributed by atoms with Gasteiger partial charge in [0.1, 0.15) is 5.75 Å². The SMILES string of the molecule is C#Cc1ccccc1[C@H]1CC(=O)Nc2cc(OCC)ccc21. The number of nitrogens with one attached hydrogen (secondary N) is 1. The van der Waals surface area contributed by atoms with Crippen LogP contribution in [0.5, 0.6) is 5.75 Å². The standard InChI is InChI=1S/C19H17NO2/c1-3-13-7-5-6-8-15(13)17-12-19(21)20-18-11-14(22-4-2)9-10-16(17)18/h1,5-11,17H,4,12H2,2H3,(H,20,21)/t17-/m1/s1. The predicted octanol–water partition coefficient (Wildman–Crippen LogP) is 3.54. The van der Waals surface area contributed by atoms with Crippen LogP contribution >= 0.6 is 0 Å². The summed E-state index contributed by atoms with van der Waals surface area (Å²) < 4.78 is 5.51. The largest absolute Gasteiger partial charge is 0.494 e. The van der Waals surface area contributed by atoms with E-state index in [9.17, 15) is 4.79 Å². The van der Waals surface area contributed by atoms with Crippen molar-refractivity contribution in [2.45, 2.75) is 19.3 Å². The summed E-state index contributed by atoms with van der Waals surface area (Å²) in [5.74, 6) is 3.45. The summed E-state index contributed by atoms with van der Waals surface area (Å²) >= 11 is 0. The zero-order valence-electron chi connectivity index (χ0n) is 12.4. The Morgan fingerprint density at radius 1 is 1.27 bits per heavy atom. The minimum Gasteiger partial charge on any atom is -0.494 e. The van der Waals surface area contributed by atoms with Crippen LogP contribution in [-0.4, -0.2) is 12.5 Å². The number of carbonyl (C=O) groups is 1. The second-order valence-corrected chi connectivity index (χ2v) is 5.22. The van der Waals surface area contributed by atoms with E-state index in [2.05, 4.69) is 11.2 Å². The Morgan fingerprint density at radius 2 is 2.09 bits per heavy atom. The summed E-state index contributed by atoms with van der Waals surface area (Å²) in [4.78, 5) is 12.1. The highest BCUT2D eigenvalue weighted by Crippen LogP contribution is 2.39. The van der Waals surface area contributed by atoms with Gasteiger partial charge >= 0.3 is 0 Å². The fourth-order valence-electron chi connectivity index (χ4n) is 2.91. The van der Waals surface area contributed by atoms with Crippen LogP contribution in [-0.2, 0) is 4.79 Å². The normalized spacial score (nSPS) is 16.4. The lowest BCUT2D eigenvalue weighted by Crippen LogP contribution is -2.24. The molecule has 0 fully saturated rings. The van der Waals surface area contributed by atoms with Gasteiger partial charge in [0.05, 0.1) is 6.61 Å². The van der Waals surface area contributed by atoms with E-state index in [0.29, 0.717) is 13.0 Å². The van der Waals surface area contributed by atoms with Gasteiger partial charge in [0.2, 0.25) is 5.91 Å². The first-order valence-corrected chi connectivity index (χ1v) is 7.35. The van der Waals surface area contributed by atoms with E-state index in [-0.39, 0.29) is 11.8 Å². The smallest absolute Gasteiger partial charge is 0.225 e. The third-order valence-electron chi connectivity index (χ3n) is 3.87. The molecule has 0 aliphatic carbocycles. The van der Waals surface area contributed by atoms with Crippen molar-refractivity contribution < 1.29 is 9.53 Å². The van der Waals surface area contributed by atoms with Gasteiger partial charge in [0.15, 0.2) is 0 Å². The lowest BCUT2D eigenvalue weighted by Gasteiger charge is -2.27.